The first-order chi connectivity index (χ1) is 6.00. The molecular formula is C12H14. The van der Waals surface area contributed by atoms with Crippen molar-refractivity contribution in [1.82, 2.24) is 0 Å². The van der Waals surface area contributed by atoms with Gasteiger partial charge in [0.25, 0.3) is 0 Å². The molecule has 0 heteroatoms. The van der Waals surface area contributed by atoms with Crippen LogP contribution >= 0.6 is 0 Å². The standard InChI is InChI=1S/C12H14/c1-2-4-6-8-10-12-11-9-7-5-3-1/h1-6,9-12H,7-8H2/b2-1+,5-3-,6-4?,11-9-,12-10+. The molecule has 0 N–H and O–H groups in total. The van der Waals surface area contributed by atoms with Crippen LogP contribution in [0.15, 0.2) is 60.8 Å². The topological polar surface area (TPSA) is 0 Å². The van der Waals surface area contributed by atoms with E-state index in [1.165, 1.54) is 0 Å². The van der Waals surface area contributed by atoms with Gasteiger partial charge in [-0.25, -0.2) is 0 Å². The van der Waals surface area contributed by atoms with Crippen molar-refractivity contribution >= 4 is 0 Å². The molecule has 0 amide bonds. The third-order valence-corrected chi connectivity index (χ3v) is 1.53. The van der Waals surface area contributed by atoms with Crippen LogP contribution in [0.25, 0.3) is 0 Å². The molecule has 0 saturated carbocycles. The minimum Gasteiger partial charge on any atom is -0.0808 e. The number of allylic oxidation sites excluding steroid dienone is 10. The van der Waals surface area contributed by atoms with E-state index in [4.69, 9.17) is 0 Å². The van der Waals surface area contributed by atoms with E-state index in [9.17, 15) is 0 Å². The third-order valence-electron chi connectivity index (χ3n) is 1.53. The van der Waals surface area contributed by atoms with E-state index in [-0.39, 0.29) is 0 Å². The van der Waals surface area contributed by atoms with Crippen molar-refractivity contribution in [1.29, 1.82) is 0 Å². The van der Waals surface area contributed by atoms with Gasteiger partial charge in [-0.15, -0.1) is 0 Å². The van der Waals surface area contributed by atoms with Crippen LogP contribution in [-0.2, 0) is 0 Å². The normalized spacial score (nSPS) is 28.0. The maximum atomic E-state index is 2.14. The monoisotopic (exact) mass is 158 g/mol. The second-order valence-corrected chi connectivity index (χ2v) is 2.57. The smallest absolute Gasteiger partial charge is 0.0163 e. The summed E-state index contributed by atoms with van der Waals surface area (Å²) in [6, 6.07) is 0. The van der Waals surface area contributed by atoms with Gasteiger partial charge in [-0.3, -0.25) is 0 Å². The molecule has 0 fully saturated rings. The maximum absolute atomic E-state index is 2.14. The lowest BCUT2D eigenvalue weighted by Crippen LogP contribution is -1.61. The van der Waals surface area contributed by atoms with Crippen LogP contribution < -0.4 is 0 Å². The van der Waals surface area contributed by atoms with Crippen LogP contribution in [0.4, 0.5) is 0 Å². The summed E-state index contributed by atoms with van der Waals surface area (Å²) >= 11 is 0. The first kappa shape index (κ1) is 8.79. The summed E-state index contributed by atoms with van der Waals surface area (Å²) in [7, 11) is 0. The van der Waals surface area contributed by atoms with Gasteiger partial charge >= 0.3 is 0 Å². The second kappa shape index (κ2) is 6.41. The molecule has 0 heterocycles. The Bertz CT molecular complexity index is 211. The van der Waals surface area contributed by atoms with Crippen LogP contribution in [0.5, 0.6) is 0 Å². The molecule has 0 aromatic carbocycles. The van der Waals surface area contributed by atoms with Crippen LogP contribution in [0.2, 0.25) is 0 Å². The van der Waals surface area contributed by atoms with Gasteiger partial charge in [0.1, 0.15) is 0 Å². The van der Waals surface area contributed by atoms with E-state index < -0.39 is 0 Å². The Morgan fingerprint density at radius 1 is 0.417 bits per heavy atom. The van der Waals surface area contributed by atoms with Crippen LogP contribution in [0.1, 0.15) is 12.8 Å². The lowest BCUT2D eigenvalue weighted by molar-refractivity contribution is 1.37. The zero-order chi connectivity index (χ0) is 8.49. The zero-order valence-electron chi connectivity index (χ0n) is 7.19. The highest BCUT2D eigenvalue weighted by molar-refractivity contribution is 5.15. The molecule has 0 atom stereocenters. The number of hydrogen-bond donors (Lipinski definition) is 0. The molecule has 0 aromatic heterocycles. The first-order valence-electron chi connectivity index (χ1n) is 4.30. The molecule has 1 rings (SSSR count). The highest BCUT2D eigenvalue weighted by Gasteiger charge is 1.71. The molecule has 1 aliphatic carbocycles. The summed E-state index contributed by atoms with van der Waals surface area (Å²) in [5.41, 5.74) is 0. The van der Waals surface area contributed by atoms with Crippen LogP contribution in [0, 0.1) is 0 Å². The molecule has 0 bridgehead atoms. The van der Waals surface area contributed by atoms with E-state index in [1.807, 2.05) is 0 Å². The Morgan fingerprint density at radius 2 is 0.750 bits per heavy atom. The quantitative estimate of drug-likeness (QED) is 0.505. The minimum atomic E-state index is 1.01. The molecule has 0 aliphatic heterocycles. The van der Waals surface area contributed by atoms with Crippen molar-refractivity contribution in [2.75, 3.05) is 0 Å². The highest BCUT2D eigenvalue weighted by atomic mass is 13.8. The number of rotatable bonds is 0. The van der Waals surface area contributed by atoms with Crippen LogP contribution in [0.3, 0.4) is 0 Å². The molecule has 0 unspecified atom stereocenters. The fourth-order valence-electron chi connectivity index (χ4n) is 0.914. The van der Waals surface area contributed by atoms with Gasteiger partial charge in [0.05, 0.1) is 0 Å². The fourth-order valence-corrected chi connectivity index (χ4v) is 0.914. The van der Waals surface area contributed by atoms with Gasteiger partial charge in [-0.1, -0.05) is 60.8 Å². The molecule has 0 aromatic rings. The Hall–Kier alpha value is -1.30. The predicted molar refractivity (Wildman–Crippen MR) is 54.9 cm³/mol. The van der Waals surface area contributed by atoms with Crippen molar-refractivity contribution in [2.24, 2.45) is 0 Å². The van der Waals surface area contributed by atoms with Crippen molar-refractivity contribution < 1.29 is 0 Å². The lowest BCUT2D eigenvalue weighted by Gasteiger charge is -1.82. The molecule has 0 radical (unpaired) electrons. The third kappa shape index (κ3) is 4.51. The molecule has 12 heavy (non-hydrogen) atoms. The van der Waals surface area contributed by atoms with Crippen molar-refractivity contribution in [3.05, 3.63) is 60.8 Å². The summed E-state index contributed by atoms with van der Waals surface area (Å²) in [5.74, 6) is 0. The van der Waals surface area contributed by atoms with E-state index in [2.05, 4.69) is 60.8 Å². The average molecular weight is 158 g/mol. The summed E-state index contributed by atoms with van der Waals surface area (Å²) in [4.78, 5) is 0. The Morgan fingerprint density at radius 3 is 1.17 bits per heavy atom. The molecule has 0 spiro atoms. The first-order valence-corrected chi connectivity index (χ1v) is 4.30. The summed E-state index contributed by atoms with van der Waals surface area (Å²) < 4.78 is 0. The Labute approximate surface area is 74.3 Å². The van der Waals surface area contributed by atoms with Gasteiger partial charge in [-0.05, 0) is 12.8 Å². The molecule has 62 valence electrons. The van der Waals surface area contributed by atoms with Gasteiger partial charge in [-0.2, -0.15) is 0 Å². The average Bonchev–Trinajstić information content (AvgIpc) is 2.05. The minimum absolute atomic E-state index is 1.01. The molecule has 0 saturated heterocycles. The Kier molecular flexibility index (Phi) is 4.70. The summed E-state index contributed by atoms with van der Waals surface area (Å²) in [6.45, 7) is 0. The number of hydrogen-bond acceptors (Lipinski definition) is 0. The van der Waals surface area contributed by atoms with Gasteiger partial charge in [0, 0.05) is 0 Å². The molecule has 1 aliphatic rings. The van der Waals surface area contributed by atoms with E-state index >= 15 is 0 Å². The molecular weight excluding hydrogens is 144 g/mol. The SMILES string of the molecule is C1=CC/C=C/C=C\C/C=C\C=C\1. The molecule has 0 nitrogen and oxygen atoms in total. The summed E-state index contributed by atoms with van der Waals surface area (Å²) in [5, 5.41) is 0. The van der Waals surface area contributed by atoms with E-state index in [1.54, 1.807) is 0 Å². The van der Waals surface area contributed by atoms with Gasteiger partial charge in [0.2, 0.25) is 0 Å². The Balaban J connectivity index is 2.55. The van der Waals surface area contributed by atoms with Crippen molar-refractivity contribution in [3.63, 3.8) is 0 Å². The van der Waals surface area contributed by atoms with Gasteiger partial charge < -0.3 is 0 Å². The maximum Gasteiger partial charge on any atom is -0.0163 e. The van der Waals surface area contributed by atoms with Gasteiger partial charge in [0.15, 0.2) is 0 Å². The van der Waals surface area contributed by atoms with E-state index in [0.717, 1.165) is 12.8 Å². The van der Waals surface area contributed by atoms with Crippen molar-refractivity contribution in [2.45, 2.75) is 12.8 Å². The predicted octanol–water partition coefficient (Wildman–Crippen LogP) is 3.56. The fraction of sp³-hybridized carbons (Fsp3) is 0.167. The van der Waals surface area contributed by atoms with Crippen molar-refractivity contribution in [3.8, 4) is 0 Å². The summed E-state index contributed by atoms with van der Waals surface area (Å²) in [6.07, 6.45) is 23.0. The highest BCUT2D eigenvalue weighted by Crippen LogP contribution is 1.93. The largest absolute Gasteiger partial charge is 0.0808 e. The van der Waals surface area contributed by atoms with E-state index in [0.29, 0.717) is 0 Å². The lowest BCUT2D eigenvalue weighted by atomic mass is 10.2. The second-order valence-electron chi connectivity index (χ2n) is 2.57. The zero-order valence-corrected chi connectivity index (χ0v) is 7.19. The van der Waals surface area contributed by atoms with Crippen LogP contribution in [-0.4, -0.2) is 0 Å².